The lowest BCUT2D eigenvalue weighted by atomic mass is 10.0. The van der Waals surface area contributed by atoms with Gasteiger partial charge in [-0.15, -0.1) is 0 Å². The van der Waals surface area contributed by atoms with Gasteiger partial charge in [-0.3, -0.25) is 4.79 Å². The fourth-order valence-electron chi connectivity index (χ4n) is 2.60. The molecule has 0 saturated carbocycles. The van der Waals surface area contributed by atoms with E-state index in [2.05, 4.69) is 17.4 Å². The Kier molecular flexibility index (Phi) is 4.59. The van der Waals surface area contributed by atoms with Gasteiger partial charge in [0.15, 0.2) is 0 Å². The molecular weight excluding hydrogens is 238 g/mol. The highest BCUT2D eigenvalue weighted by Gasteiger charge is 2.16. The summed E-state index contributed by atoms with van der Waals surface area (Å²) in [7, 11) is 0. The second-order valence-corrected chi connectivity index (χ2v) is 5.73. The molecule has 0 spiro atoms. The number of amides is 1. The number of fused-ring (bicyclic) bond motifs is 1. The number of hydrogen-bond donors (Lipinski definition) is 2. The van der Waals surface area contributed by atoms with Crippen LogP contribution in [-0.2, 0) is 24.1 Å². The number of carbonyl (C=O) groups is 1. The van der Waals surface area contributed by atoms with Crippen molar-refractivity contribution in [2.45, 2.75) is 45.6 Å². The molecule has 1 aliphatic rings. The number of hydrogen-bond acceptors (Lipinski definition) is 2. The predicted octanol–water partition coefficient (Wildman–Crippen LogP) is 1.85. The maximum absolute atomic E-state index is 12.0. The molecule has 1 amide bonds. The average molecular weight is 261 g/mol. The van der Waals surface area contributed by atoms with Crippen LogP contribution in [0.25, 0.3) is 0 Å². The van der Waals surface area contributed by atoms with Crippen molar-refractivity contribution in [1.82, 2.24) is 5.32 Å². The van der Waals surface area contributed by atoms with Gasteiger partial charge in [-0.05, 0) is 41.9 Å². The van der Waals surface area contributed by atoms with Gasteiger partial charge in [-0.2, -0.15) is 0 Å². The van der Waals surface area contributed by atoms with Gasteiger partial charge < -0.3 is 10.4 Å². The van der Waals surface area contributed by atoms with E-state index in [-0.39, 0.29) is 24.5 Å². The van der Waals surface area contributed by atoms with E-state index in [1.807, 2.05) is 19.9 Å². The largest absolute Gasteiger partial charge is 0.394 e. The van der Waals surface area contributed by atoms with Crippen LogP contribution in [0.1, 0.15) is 37.0 Å². The van der Waals surface area contributed by atoms with Gasteiger partial charge >= 0.3 is 0 Å². The Morgan fingerprint density at radius 1 is 1.32 bits per heavy atom. The lowest BCUT2D eigenvalue weighted by molar-refractivity contribution is -0.121. The zero-order valence-corrected chi connectivity index (χ0v) is 11.8. The molecule has 19 heavy (non-hydrogen) atoms. The number of benzene rings is 1. The molecule has 0 heterocycles. The Bertz CT molecular complexity index is 454. The first-order valence-electron chi connectivity index (χ1n) is 7.11. The van der Waals surface area contributed by atoms with Crippen LogP contribution in [0.4, 0.5) is 0 Å². The van der Waals surface area contributed by atoms with E-state index in [0.29, 0.717) is 6.42 Å². The number of aliphatic hydroxyl groups excluding tert-OH is 1. The first-order valence-corrected chi connectivity index (χ1v) is 7.11. The third-order valence-corrected chi connectivity index (χ3v) is 3.88. The molecule has 1 aromatic carbocycles. The summed E-state index contributed by atoms with van der Waals surface area (Å²) in [6.07, 6.45) is 3.93. The minimum Gasteiger partial charge on any atom is -0.394 e. The monoisotopic (exact) mass is 261 g/mol. The highest BCUT2D eigenvalue weighted by Crippen LogP contribution is 2.23. The second-order valence-electron chi connectivity index (χ2n) is 5.73. The molecular formula is C16H23NO2. The van der Waals surface area contributed by atoms with E-state index < -0.39 is 0 Å². The van der Waals surface area contributed by atoms with Crippen molar-refractivity contribution >= 4 is 5.91 Å². The molecule has 0 aromatic heterocycles. The number of carbonyl (C=O) groups excluding carboxylic acids is 1. The molecule has 0 unspecified atom stereocenters. The van der Waals surface area contributed by atoms with Crippen LogP contribution in [0, 0.1) is 5.92 Å². The molecule has 0 saturated heterocycles. The Morgan fingerprint density at radius 3 is 2.74 bits per heavy atom. The maximum Gasteiger partial charge on any atom is 0.224 e. The van der Waals surface area contributed by atoms with Gasteiger partial charge in [0.1, 0.15) is 0 Å². The van der Waals surface area contributed by atoms with Crippen LogP contribution in [-0.4, -0.2) is 23.7 Å². The molecule has 1 aliphatic carbocycles. The van der Waals surface area contributed by atoms with Gasteiger partial charge in [-0.1, -0.05) is 32.0 Å². The van der Waals surface area contributed by atoms with E-state index in [0.717, 1.165) is 12.0 Å². The number of aryl methyl sites for hydroxylation is 2. The highest BCUT2D eigenvalue weighted by molar-refractivity contribution is 5.79. The lowest BCUT2D eigenvalue weighted by Gasteiger charge is -2.20. The number of rotatable bonds is 5. The predicted molar refractivity (Wildman–Crippen MR) is 76.0 cm³/mol. The van der Waals surface area contributed by atoms with Gasteiger partial charge in [0.25, 0.3) is 0 Å². The molecule has 3 heteroatoms. The first-order chi connectivity index (χ1) is 9.10. The third-order valence-electron chi connectivity index (χ3n) is 3.88. The summed E-state index contributed by atoms with van der Waals surface area (Å²) in [5.41, 5.74) is 3.89. The van der Waals surface area contributed by atoms with Crippen molar-refractivity contribution in [3.63, 3.8) is 0 Å². The average Bonchev–Trinajstić information content (AvgIpc) is 2.82. The van der Waals surface area contributed by atoms with Crippen LogP contribution in [0.5, 0.6) is 0 Å². The zero-order valence-electron chi connectivity index (χ0n) is 11.8. The van der Waals surface area contributed by atoms with Gasteiger partial charge in [-0.25, -0.2) is 0 Å². The molecule has 104 valence electrons. The van der Waals surface area contributed by atoms with Gasteiger partial charge in [0.2, 0.25) is 5.91 Å². The summed E-state index contributed by atoms with van der Waals surface area (Å²) in [6.45, 7) is 3.99. The molecule has 0 radical (unpaired) electrons. The minimum absolute atomic E-state index is 0.00635. The van der Waals surface area contributed by atoms with Gasteiger partial charge in [0.05, 0.1) is 19.1 Å². The Labute approximate surface area is 115 Å². The number of aliphatic hydroxyl groups is 1. The minimum atomic E-state index is -0.151. The molecule has 3 nitrogen and oxygen atoms in total. The summed E-state index contributed by atoms with van der Waals surface area (Å²) >= 11 is 0. The van der Waals surface area contributed by atoms with Crippen LogP contribution >= 0.6 is 0 Å². The van der Waals surface area contributed by atoms with E-state index in [1.54, 1.807) is 0 Å². The van der Waals surface area contributed by atoms with Crippen LogP contribution in [0.2, 0.25) is 0 Å². The van der Waals surface area contributed by atoms with Crippen LogP contribution < -0.4 is 5.32 Å². The van der Waals surface area contributed by atoms with Crippen molar-refractivity contribution < 1.29 is 9.90 Å². The second kappa shape index (κ2) is 6.20. The zero-order chi connectivity index (χ0) is 13.8. The molecule has 0 fully saturated rings. The molecule has 0 aliphatic heterocycles. The van der Waals surface area contributed by atoms with Crippen molar-refractivity contribution in [2.75, 3.05) is 6.61 Å². The van der Waals surface area contributed by atoms with Crippen LogP contribution in [0.15, 0.2) is 18.2 Å². The van der Waals surface area contributed by atoms with Gasteiger partial charge in [0, 0.05) is 0 Å². The van der Waals surface area contributed by atoms with Crippen molar-refractivity contribution in [2.24, 2.45) is 5.92 Å². The summed E-state index contributed by atoms with van der Waals surface area (Å²) in [6, 6.07) is 6.21. The SMILES string of the molecule is CC(C)[C@@H](CO)NC(=O)Cc1ccc2c(c1)CCC2. The highest BCUT2D eigenvalue weighted by atomic mass is 16.3. The smallest absolute Gasteiger partial charge is 0.224 e. The molecule has 1 atom stereocenters. The van der Waals surface area contributed by atoms with Crippen LogP contribution in [0.3, 0.4) is 0 Å². The normalized spacial score (nSPS) is 15.4. The lowest BCUT2D eigenvalue weighted by Crippen LogP contribution is -2.41. The number of nitrogens with one attached hydrogen (secondary N) is 1. The Hall–Kier alpha value is -1.35. The molecule has 1 aromatic rings. The third kappa shape index (κ3) is 3.57. The van der Waals surface area contributed by atoms with E-state index in [4.69, 9.17) is 0 Å². The Morgan fingerprint density at radius 2 is 2.05 bits per heavy atom. The molecule has 2 rings (SSSR count). The van der Waals surface area contributed by atoms with Crippen molar-refractivity contribution in [3.8, 4) is 0 Å². The quantitative estimate of drug-likeness (QED) is 0.850. The fourth-order valence-corrected chi connectivity index (χ4v) is 2.60. The van der Waals surface area contributed by atoms with E-state index in [9.17, 15) is 9.90 Å². The van der Waals surface area contributed by atoms with E-state index >= 15 is 0 Å². The first kappa shape index (κ1) is 14.1. The Balaban J connectivity index is 1.95. The van der Waals surface area contributed by atoms with E-state index in [1.165, 1.54) is 24.0 Å². The summed E-state index contributed by atoms with van der Waals surface area (Å²) in [5, 5.41) is 12.1. The standard InChI is InChI=1S/C16H23NO2/c1-11(2)15(10-18)17-16(19)9-12-6-7-13-4-3-5-14(13)8-12/h6-8,11,15,18H,3-5,9-10H2,1-2H3,(H,17,19)/t15-/m1/s1. The summed E-state index contributed by atoms with van der Waals surface area (Å²) < 4.78 is 0. The topological polar surface area (TPSA) is 49.3 Å². The maximum atomic E-state index is 12.0. The fraction of sp³-hybridized carbons (Fsp3) is 0.562. The summed E-state index contributed by atoms with van der Waals surface area (Å²) in [4.78, 5) is 12.0. The van der Waals surface area contributed by atoms with Crippen molar-refractivity contribution in [1.29, 1.82) is 0 Å². The van der Waals surface area contributed by atoms with Crippen molar-refractivity contribution in [3.05, 3.63) is 34.9 Å². The molecule has 2 N–H and O–H groups in total. The molecule has 0 bridgehead atoms. The summed E-state index contributed by atoms with van der Waals surface area (Å²) in [5.74, 6) is 0.236.